The summed E-state index contributed by atoms with van der Waals surface area (Å²) in [6, 6.07) is 15.7. The number of anilines is 2. The molecule has 0 bridgehead atoms. The lowest BCUT2D eigenvalue weighted by atomic mass is 9.94. The quantitative estimate of drug-likeness (QED) is 0.391. The Labute approximate surface area is 200 Å². The summed E-state index contributed by atoms with van der Waals surface area (Å²) in [6.07, 6.45) is 0. The minimum absolute atomic E-state index is 0.226. The first-order valence-corrected chi connectivity index (χ1v) is 11.4. The molecule has 1 unspecified atom stereocenters. The first-order chi connectivity index (χ1) is 15.8. The average molecular weight is 467 g/mol. The highest BCUT2D eigenvalue weighted by molar-refractivity contribution is 7.80. The number of para-hydroxylation sites is 1. The number of hydrogen-bond acceptors (Lipinski definition) is 4. The maximum absolute atomic E-state index is 13.1. The van der Waals surface area contributed by atoms with Crippen LogP contribution in [-0.4, -0.2) is 35.2 Å². The lowest BCUT2D eigenvalue weighted by Crippen LogP contribution is -2.47. The zero-order valence-corrected chi connectivity index (χ0v) is 20.2. The number of allylic oxidation sites excluding steroid dienone is 1. The van der Waals surface area contributed by atoms with Crippen molar-refractivity contribution in [1.82, 2.24) is 10.2 Å². The fourth-order valence-corrected chi connectivity index (χ4v) is 3.99. The predicted octanol–water partition coefficient (Wildman–Crippen LogP) is 5.05. The number of carbonyl (C=O) groups is 2. The Kier molecular flexibility index (Phi) is 8.06. The maximum atomic E-state index is 13.1. The second-order valence-corrected chi connectivity index (χ2v) is 8.58. The zero-order chi connectivity index (χ0) is 24.0. The molecule has 2 aromatic carbocycles. The molecule has 174 valence electrons. The van der Waals surface area contributed by atoms with Gasteiger partial charge in [-0.2, -0.15) is 0 Å². The van der Waals surface area contributed by atoms with E-state index in [1.54, 1.807) is 6.07 Å². The smallest absolute Gasteiger partial charge is 0.338 e. The molecule has 2 aromatic rings. The molecule has 1 aliphatic rings. The Balaban J connectivity index is 1.86. The molecule has 7 nitrogen and oxygen atoms in total. The highest BCUT2D eigenvalue weighted by Gasteiger charge is 2.34. The monoisotopic (exact) mass is 466 g/mol. The van der Waals surface area contributed by atoms with E-state index in [1.165, 1.54) is 0 Å². The van der Waals surface area contributed by atoms with Gasteiger partial charge in [0, 0.05) is 23.6 Å². The molecule has 0 fully saturated rings. The molecule has 3 N–H and O–H groups in total. The van der Waals surface area contributed by atoms with Gasteiger partial charge in [0.05, 0.1) is 18.2 Å². The van der Waals surface area contributed by atoms with E-state index in [0.717, 1.165) is 11.3 Å². The summed E-state index contributed by atoms with van der Waals surface area (Å²) < 4.78 is 5.57. The molecule has 8 heteroatoms. The molecule has 1 heterocycles. The highest BCUT2D eigenvalue weighted by Crippen LogP contribution is 2.32. The number of benzene rings is 2. The SMILES string of the molecule is CCN1C(=S)NC(c2cccc(NC(=O)Nc3ccccc3)c2)C(C(=O)OCC(C)C)=C1C. The van der Waals surface area contributed by atoms with Crippen LogP contribution in [0.2, 0.25) is 0 Å². The molecule has 0 saturated carbocycles. The van der Waals surface area contributed by atoms with Crippen molar-refractivity contribution in [3.05, 3.63) is 71.4 Å². The first-order valence-electron chi connectivity index (χ1n) is 11.0. The van der Waals surface area contributed by atoms with Gasteiger partial charge in [0.25, 0.3) is 0 Å². The van der Waals surface area contributed by atoms with Crippen LogP contribution < -0.4 is 16.0 Å². The van der Waals surface area contributed by atoms with Gasteiger partial charge in [-0.15, -0.1) is 0 Å². The topological polar surface area (TPSA) is 82.7 Å². The highest BCUT2D eigenvalue weighted by atomic mass is 32.1. The molecule has 3 rings (SSSR count). The van der Waals surface area contributed by atoms with E-state index in [1.807, 2.05) is 81.1 Å². The van der Waals surface area contributed by atoms with Crippen LogP contribution in [0.4, 0.5) is 16.2 Å². The number of amides is 2. The first kappa shape index (κ1) is 24.3. The third kappa shape index (κ3) is 6.10. The van der Waals surface area contributed by atoms with Crippen LogP contribution in [-0.2, 0) is 9.53 Å². The van der Waals surface area contributed by atoms with Crippen LogP contribution in [0.3, 0.4) is 0 Å². The Morgan fingerprint density at radius 1 is 1.09 bits per heavy atom. The Bertz CT molecular complexity index is 1050. The zero-order valence-electron chi connectivity index (χ0n) is 19.3. The minimum atomic E-state index is -0.487. The standard InChI is InChI=1S/C25H30N4O3S/c1-5-29-17(4)21(23(30)32-15-16(2)3)22(28-25(29)33)18-10-9-13-20(14-18)27-24(31)26-19-11-7-6-8-12-19/h6-14,16,22H,5,15H2,1-4H3,(H,28,33)(H2,26,27,31). The minimum Gasteiger partial charge on any atom is -0.462 e. The normalized spacial score (nSPS) is 15.8. The Morgan fingerprint density at radius 3 is 2.42 bits per heavy atom. The average Bonchev–Trinajstić information content (AvgIpc) is 2.78. The van der Waals surface area contributed by atoms with Gasteiger partial charge < -0.3 is 25.6 Å². The summed E-state index contributed by atoms with van der Waals surface area (Å²) >= 11 is 5.55. The van der Waals surface area contributed by atoms with Crippen molar-refractivity contribution in [3.63, 3.8) is 0 Å². The predicted molar refractivity (Wildman–Crippen MR) is 135 cm³/mol. The molecule has 2 amide bonds. The van der Waals surface area contributed by atoms with Crippen LogP contribution in [0.15, 0.2) is 65.9 Å². The van der Waals surface area contributed by atoms with E-state index in [-0.39, 0.29) is 17.9 Å². The summed E-state index contributed by atoms with van der Waals surface area (Å²) in [5, 5.41) is 9.45. The van der Waals surface area contributed by atoms with E-state index in [4.69, 9.17) is 17.0 Å². The van der Waals surface area contributed by atoms with Gasteiger partial charge in [0.2, 0.25) is 0 Å². The van der Waals surface area contributed by atoms with Crippen molar-refractivity contribution >= 4 is 40.7 Å². The maximum Gasteiger partial charge on any atom is 0.338 e. The van der Waals surface area contributed by atoms with Crippen molar-refractivity contribution in [1.29, 1.82) is 0 Å². The van der Waals surface area contributed by atoms with Gasteiger partial charge >= 0.3 is 12.0 Å². The van der Waals surface area contributed by atoms with Crippen LogP contribution in [0.1, 0.15) is 39.3 Å². The fraction of sp³-hybridized carbons (Fsp3) is 0.320. The number of rotatable bonds is 7. The molecular formula is C25H30N4O3S. The van der Waals surface area contributed by atoms with Gasteiger partial charge in [-0.1, -0.05) is 44.2 Å². The third-order valence-corrected chi connectivity index (χ3v) is 5.53. The lowest BCUT2D eigenvalue weighted by Gasteiger charge is -2.37. The van der Waals surface area contributed by atoms with Gasteiger partial charge in [0.1, 0.15) is 0 Å². The third-order valence-electron chi connectivity index (χ3n) is 5.19. The number of carbonyl (C=O) groups excluding carboxylic acids is 2. The number of nitrogens with one attached hydrogen (secondary N) is 3. The molecule has 1 aliphatic heterocycles. The van der Waals surface area contributed by atoms with E-state index < -0.39 is 6.04 Å². The number of thiocarbonyl (C=S) groups is 1. The lowest BCUT2D eigenvalue weighted by molar-refractivity contribution is -0.140. The number of hydrogen-bond donors (Lipinski definition) is 3. The summed E-state index contributed by atoms with van der Waals surface area (Å²) in [6.45, 7) is 8.81. The molecule has 0 saturated heterocycles. The molecular weight excluding hydrogens is 436 g/mol. The second-order valence-electron chi connectivity index (χ2n) is 8.19. The van der Waals surface area contributed by atoms with E-state index in [9.17, 15) is 9.59 Å². The number of nitrogens with zero attached hydrogens (tertiary/aromatic N) is 1. The van der Waals surface area contributed by atoms with E-state index in [0.29, 0.717) is 35.2 Å². The van der Waals surface area contributed by atoms with Crippen molar-refractivity contribution in [3.8, 4) is 0 Å². The van der Waals surface area contributed by atoms with Gasteiger partial charge in [-0.3, -0.25) is 0 Å². The molecule has 0 radical (unpaired) electrons. The molecule has 33 heavy (non-hydrogen) atoms. The van der Waals surface area contributed by atoms with E-state index >= 15 is 0 Å². The largest absolute Gasteiger partial charge is 0.462 e. The van der Waals surface area contributed by atoms with Crippen molar-refractivity contribution in [2.45, 2.75) is 33.7 Å². The van der Waals surface area contributed by atoms with Gasteiger partial charge in [-0.25, -0.2) is 9.59 Å². The second kappa shape index (κ2) is 11.0. The van der Waals surface area contributed by atoms with Crippen LogP contribution >= 0.6 is 12.2 Å². The molecule has 1 atom stereocenters. The number of ether oxygens (including phenoxy) is 1. The van der Waals surface area contributed by atoms with Crippen LogP contribution in [0.5, 0.6) is 0 Å². The Hall–Kier alpha value is -3.39. The summed E-state index contributed by atoms with van der Waals surface area (Å²) in [5.41, 5.74) is 3.36. The fourth-order valence-electron chi connectivity index (χ4n) is 3.61. The summed E-state index contributed by atoms with van der Waals surface area (Å²) in [5.74, 6) is -0.149. The summed E-state index contributed by atoms with van der Waals surface area (Å²) in [4.78, 5) is 27.4. The Morgan fingerprint density at radius 2 is 1.76 bits per heavy atom. The van der Waals surface area contributed by atoms with Gasteiger partial charge in [-0.05, 0) is 61.8 Å². The molecule has 0 aromatic heterocycles. The van der Waals surface area contributed by atoms with E-state index in [2.05, 4.69) is 16.0 Å². The molecule has 0 aliphatic carbocycles. The number of esters is 1. The van der Waals surface area contributed by atoms with Crippen LogP contribution in [0.25, 0.3) is 0 Å². The number of urea groups is 1. The molecule has 0 spiro atoms. The van der Waals surface area contributed by atoms with Crippen molar-refractivity contribution in [2.24, 2.45) is 5.92 Å². The summed E-state index contributed by atoms with van der Waals surface area (Å²) in [7, 11) is 0. The van der Waals surface area contributed by atoms with Crippen LogP contribution in [0, 0.1) is 5.92 Å². The van der Waals surface area contributed by atoms with Crippen molar-refractivity contribution < 1.29 is 14.3 Å². The van der Waals surface area contributed by atoms with Crippen molar-refractivity contribution in [2.75, 3.05) is 23.8 Å². The van der Waals surface area contributed by atoms with Gasteiger partial charge in [0.15, 0.2) is 5.11 Å².